The Labute approximate surface area is 212 Å². The highest BCUT2D eigenvalue weighted by Crippen LogP contribution is 2.41. The molecular formula is C25H30FN3O6S. The zero-order valence-corrected chi connectivity index (χ0v) is 20.8. The lowest BCUT2D eigenvalue weighted by atomic mass is 9.95. The van der Waals surface area contributed by atoms with Crippen molar-refractivity contribution in [2.45, 2.75) is 57.7 Å². The van der Waals surface area contributed by atoms with Crippen molar-refractivity contribution in [2.24, 2.45) is 17.4 Å². The van der Waals surface area contributed by atoms with Gasteiger partial charge in [-0.15, -0.1) is 11.3 Å². The molecule has 2 aromatic rings. The van der Waals surface area contributed by atoms with Crippen LogP contribution in [0.25, 0.3) is 0 Å². The van der Waals surface area contributed by atoms with Crippen LogP contribution in [0.5, 0.6) is 5.06 Å². The van der Waals surface area contributed by atoms with Crippen LogP contribution in [-0.2, 0) is 32.1 Å². The number of rotatable bonds is 9. The summed E-state index contributed by atoms with van der Waals surface area (Å²) in [4.78, 5) is 47.5. The van der Waals surface area contributed by atoms with Crippen LogP contribution < -0.4 is 16.2 Å². The highest BCUT2D eigenvalue weighted by Gasteiger charge is 2.40. The van der Waals surface area contributed by atoms with E-state index in [1.54, 1.807) is 18.2 Å². The van der Waals surface area contributed by atoms with Crippen molar-refractivity contribution in [3.05, 3.63) is 52.2 Å². The predicted molar refractivity (Wildman–Crippen MR) is 131 cm³/mol. The van der Waals surface area contributed by atoms with Crippen LogP contribution in [0.2, 0.25) is 0 Å². The Bertz CT molecular complexity index is 1130. The quantitative estimate of drug-likeness (QED) is 0.427. The average molecular weight is 520 g/mol. The van der Waals surface area contributed by atoms with Crippen LogP contribution in [0.15, 0.2) is 30.3 Å². The number of thiophene rings is 1. The Kier molecular flexibility index (Phi) is 9.30. The van der Waals surface area contributed by atoms with Crippen LogP contribution in [0.1, 0.15) is 54.7 Å². The number of Topliss-reactive ketones (excluding diaryl/α,β-unsaturated/α-hetero) is 1. The summed E-state index contributed by atoms with van der Waals surface area (Å²) in [6, 6.07) is 6.91. The number of carboxylic acid groups (broad SMARTS) is 1. The van der Waals surface area contributed by atoms with Crippen molar-refractivity contribution >= 4 is 35.0 Å². The fourth-order valence-corrected chi connectivity index (χ4v) is 5.03. The van der Waals surface area contributed by atoms with E-state index in [2.05, 4.69) is 4.90 Å². The standard InChI is InChI=1S/C20H20FNO3S.C5H10N2O3/c1-12(23)25-18-10-14-11-22(9-8-17(14)26-18)19(20(24)13-6-7-13)15-4-2-3-5-16(15)21;6-3(5(9)10)1-2-4(7)8/h2-5,10,13,19H,6-9,11H2,1H3;3H,1-2,6H2,(H2,7,8)(H,9,10). The minimum atomic E-state index is -1.11. The molecule has 0 saturated heterocycles. The zero-order chi connectivity index (χ0) is 26.4. The lowest BCUT2D eigenvalue weighted by molar-refractivity contribution is -0.138. The molecule has 5 N–H and O–H groups in total. The van der Waals surface area contributed by atoms with E-state index in [1.165, 1.54) is 29.2 Å². The number of halogens is 1. The van der Waals surface area contributed by atoms with Crippen LogP contribution in [0.4, 0.5) is 4.39 Å². The second-order valence-electron chi connectivity index (χ2n) is 8.88. The van der Waals surface area contributed by atoms with Gasteiger partial charge in [0.05, 0.1) is 6.04 Å². The number of hydrogen-bond donors (Lipinski definition) is 3. The van der Waals surface area contributed by atoms with E-state index in [0.29, 0.717) is 23.7 Å². The Balaban J connectivity index is 0.000000308. The van der Waals surface area contributed by atoms with E-state index in [-0.39, 0.29) is 36.3 Å². The average Bonchev–Trinajstić information content (AvgIpc) is 3.59. The predicted octanol–water partition coefficient (Wildman–Crippen LogP) is 2.55. The number of nitrogens with zero attached hydrogens (tertiary/aromatic N) is 1. The molecule has 11 heteroatoms. The molecule has 0 bridgehead atoms. The van der Waals surface area contributed by atoms with E-state index in [0.717, 1.165) is 24.8 Å². The van der Waals surface area contributed by atoms with Gasteiger partial charge in [-0.05, 0) is 43.4 Å². The number of nitrogens with two attached hydrogens (primary N) is 2. The molecule has 1 aromatic heterocycles. The molecule has 1 aliphatic heterocycles. The van der Waals surface area contributed by atoms with Crippen LogP contribution >= 0.6 is 11.3 Å². The molecule has 1 aliphatic carbocycles. The number of hydrogen-bond acceptors (Lipinski definition) is 8. The summed E-state index contributed by atoms with van der Waals surface area (Å²) < 4.78 is 19.6. The second kappa shape index (κ2) is 12.2. The van der Waals surface area contributed by atoms with Gasteiger partial charge in [-0.2, -0.15) is 0 Å². The maximum Gasteiger partial charge on any atom is 0.320 e. The minimum Gasteiger partial charge on any atom is -0.480 e. The SMILES string of the molecule is CC(=O)Oc1cc2c(s1)CCN(C(C(=O)C1CC1)c1ccccc1F)C2.NC(=O)CCC(N)C(=O)O. The van der Waals surface area contributed by atoms with Gasteiger partial charge in [-0.1, -0.05) is 18.2 Å². The number of benzene rings is 1. The highest BCUT2D eigenvalue weighted by molar-refractivity contribution is 7.14. The summed E-state index contributed by atoms with van der Waals surface area (Å²) in [6.07, 6.45) is 2.69. The maximum absolute atomic E-state index is 14.4. The smallest absolute Gasteiger partial charge is 0.320 e. The number of carbonyl (C=O) groups excluding carboxylic acids is 3. The van der Waals surface area contributed by atoms with Crippen LogP contribution in [-0.4, -0.2) is 46.2 Å². The van der Waals surface area contributed by atoms with Crippen LogP contribution in [0.3, 0.4) is 0 Å². The van der Waals surface area contributed by atoms with Crippen molar-refractivity contribution in [3.63, 3.8) is 0 Å². The molecule has 0 radical (unpaired) electrons. The first kappa shape index (κ1) is 27.4. The number of carboxylic acids is 1. The molecule has 9 nitrogen and oxygen atoms in total. The number of amides is 1. The minimum absolute atomic E-state index is 0.0213. The van der Waals surface area contributed by atoms with Gasteiger partial charge in [-0.25, -0.2) is 4.39 Å². The number of fused-ring (bicyclic) bond motifs is 1. The Hall–Kier alpha value is -3.15. The molecule has 2 atom stereocenters. The maximum atomic E-state index is 14.4. The molecule has 1 aromatic carbocycles. The van der Waals surface area contributed by atoms with E-state index in [9.17, 15) is 23.6 Å². The molecule has 2 unspecified atom stereocenters. The topological polar surface area (TPSA) is 153 Å². The van der Waals surface area contributed by atoms with Gasteiger partial charge in [0.1, 0.15) is 11.9 Å². The normalized spacial score (nSPS) is 16.6. The van der Waals surface area contributed by atoms with Gasteiger partial charge in [0.25, 0.3) is 0 Å². The van der Waals surface area contributed by atoms with E-state index in [4.69, 9.17) is 21.3 Å². The van der Waals surface area contributed by atoms with Crippen molar-refractivity contribution in [1.82, 2.24) is 4.90 Å². The number of ketones is 1. The second-order valence-corrected chi connectivity index (χ2v) is 9.98. The van der Waals surface area contributed by atoms with Gasteiger partial charge in [0.15, 0.2) is 10.8 Å². The Morgan fingerprint density at radius 2 is 1.94 bits per heavy atom. The lowest BCUT2D eigenvalue weighted by Gasteiger charge is -2.34. The fourth-order valence-electron chi connectivity index (χ4n) is 3.98. The molecule has 36 heavy (non-hydrogen) atoms. The molecule has 1 saturated carbocycles. The lowest BCUT2D eigenvalue weighted by Crippen LogP contribution is -2.38. The fraction of sp³-hybridized carbons (Fsp3) is 0.440. The highest BCUT2D eigenvalue weighted by atomic mass is 32.1. The summed E-state index contributed by atoms with van der Waals surface area (Å²) >= 11 is 1.47. The summed E-state index contributed by atoms with van der Waals surface area (Å²) in [5.74, 6) is -2.14. The molecule has 0 spiro atoms. The zero-order valence-electron chi connectivity index (χ0n) is 19.9. The summed E-state index contributed by atoms with van der Waals surface area (Å²) in [5, 5.41) is 8.80. The first-order chi connectivity index (χ1) is 17.1. The first-order valence-corrected chi connectivity index (χ1v) is 12.5. The van der Waals surface area contributed by atoms with Gasteiger partial charge in [0.2, 0.25) is 5.91 Å². The third-order valence-corrected chi connectivity index (χ3v) is 7.07. The Morgan fingerprint density at radius 3 is 2.53 bits per heavy atom. The number of aliphatic carboxylic acids is 1. The van der Waals surface area contributed by atoms with E-state index < -0.39 is 24.0 Å². The monoisotopic (exact) mass is 519 g/mol. The molecular weight excluding hydrogens is 489 g/mol. The van der Waals surface area contributed by atoms with Crippen molar-refractivity contribution in [2.75, 3.05) is 6.54 Å². The summed E-state index contributed by atoms with van der Waals surface area (Å²) in [6.45, 7) is 2.63. The largest absolute Gasteiger partial charge is 0.480 e. The van der Waals surface area contributed by atoms with Gasteiger partial charge in [0, 0.05) is 42.8 Å². The molecule has 4 rings (SSSR count). The number of ether oxygens (including phenoxy) is 1. The van der Waals surface area contributed by atoms with Crippen LogP contribution in [0, 0.1) is 11.7 Å². The van der Waals surface area contributed by atoms with Crippen molar-refractivity contribution in [3.8, 4) is 5.06 Å². The summed E-state index contributed by atoms with van der Waals surface area (Å²) in [5.41, 5.74) is 11.3. The van der Waals surface area contributed by atoms with E-state index in [1.807, 2.05) is 6.07 Å². The number of esters is 1. The van der Waals surface area contributed by atoms with Gasteiger partial charge in [-0.3, -0.25) is 24.1 Å². The third-order valence-electron chi connectivity index (χ3n) is 5.95. The van der Waals surface area contributed by atoms with Gasteiger partial charge >= 0.3 is 11.9 Å². The first-order valence-electron chi connectivity index (χ1n) is 11.7. The molecule has 1 amide bonds. The van der Waals surface area contributed by atoms with Crippen molar-refractivity contribution < 1.29 is 33.4 Å². The molecule has 1 fully saturated rings. The molecule has 194 valence electrons. The molecule has 2 heterocycles. The van der Waals surface area contributed by atoms with Gasteiger partial charge < -0.3 is 21.3 Å². The Morgan fingerprint density at radius 1 is 1.25 bits per heavy atom. The van der Waals surface area contributed by atoms with Crippen molar-refractivity contribution in [1.29, 1.82) is 0 Å². The number of carbonyl (C=O) groups is 4. The third kappa shape index (κ3) is 7.42. The summed E-state index contributed by atoms with van der Waals surface area (Å²) in [7, 11) is 0. The molecule has 2 aliphatic rings. The number of primary amides is 1. The van der Waals surface area contributed by atoms with E-state index >= 15 is 0 Å².